The molecule has 7 heteroatoms. The fourth-order valence-corrected chi connectivity index (χ4v) is 1.85. The van der Waals surface area contributed by atoms with Crippen molar-refractivity contribution in [2.24, 2.45) is 0 Å². The second-order valence-electron chi connectivity index (χ2n) is 7.06. The first kappa shape index (κ1) is 25.1. The molecule has 0 saturated heterocycles. The van der Waals surface area contributed by atoms with E-state index in [1.807, 2.05) is 20.8 Å². The molecule has 156 valence electrons. The summed E-state index contributed by atoms with van der Waals surface area (Å²) in [6.07, 6.45) is 3.20. The van der Waals surface area contributed by atoms with E-state index in [2.05, 4.69) is 6.92 Å². The Hall–Kier alpha value is -0.890. The molecule has 0 radical (unpaired) electrons. The van der Waals surface area contributed by atoms with Crippen molar-refractivity contribution < 1.29 is 28.5 Å². The first-order valence-electron chi connectivity index (χ1n) is 9.62. The number of likely N-dealkylation sites (N-methyl/N-ethyl adjacent to an activating group) is 1. The first-order chi connectivity index (χ1) is 12.4. The zero-order chi connectivity index (χ0) is 19.7. The minimum Gasteiger partial charge on any atom is -0.444 e. The van der Waals surface area contributed by atoms with E-state index in [9.17, 15) is 4.79 Å². The van der Waals surface area contributed by atoms with E-state index >= 15 is 0 Å². The SMILES string of the molecule is CCCCCOCCOCCOCCOCCN(C)C(=O)OC(C)(C)C. The topological polar surface area (TPSA) is 66.5 Å². The van der Waals surface area contributed by atoms with Gasteiger partial charge in [-0.15, -0.1) is 0 Å². The Bertz CT molecular complexity index is 332. The van der Waals surface area contributed by atoms with E-state index in [1.54, 1.807) is 7.05 Å². The summed E-state index contributed by atoms with van der Waals surface area (Å²) in [6.45, 7) is 12.8. The highest BCUT2D eigenvalue weighted by atomic mass is 16.6. The van der Waals surface area contributed by atoms with Crippen molar-refractivity contribution in [3.8, 4) is 0 Å². The number of carbonyl (C=O) groups is 1. The Morgan fingerprint density at radius 1 is 0.769 bits per heavy atom. The van der Waals surface area contributed by atoms with Crippen LogP contribution in [0.5, 0.6) is 0 Å². The second kappa shape index (κ2) is 16.3. The maximum atomic E-state index is 11.7. The van der Waals surface area contributed by atoms with Crippen LogP contribution >= 0.6 is 0 Å². The summed E-state index contributed by atoms with van der Waals surface area (Å²) in [5.74, 6) is 0. The lowest BCUT2D eigenvalue weighted by Gasteiger charge is -2.24. The summed E-state index contributed by atoms with van der Waals surface area (Å²) in [4.78, 5) is 13.2. The van der Waals surface area contributed by atoms with E-state index in [0.717, 1.165) is 13.0 Å². The van der Waals surface area contributed by atoms with Crippen LogP contribution in [0.25, 0.3) is 0 Å². The third-order valence-electron chi connectivity index (χ3n) is 3.28. The lowest BCUT2D eigenvalue weighted by Crippen LogP contribution is -2.36. The van der Waals surface area contributed by atoms with E-state index in [0.29, 0.717) is 52.8 Å². The number of nitrogens with zero attached hydrogens (tertiary/aromatic N) is 1. The van der Waals surface area contributed by atoms with E-state index in [1.165, 1.54) is 17.7 Å². The Morgan fingerprint density at radius 2 is 1.23 bits per heavy atom. The van der Waals surface area contributed by atoms with Crippen LogP contribution in [0, 0.1) is 0 Å². The van der Waals surface area contributed by atoms with Gasteiger partial charge in [-0.05, 0) is 27.2 Å². The fraction of sp³-hybridized carbons (Fsp3) is 0.947. The molecule has 26 heavy (non-hydrogen) atoms. The van der Waals surface area contributed by atoms with Gasteiger partial charge < -0.3 is 28.6 Å². The number of carbonyl (C=O) groups excluding carboxylic acids is 1. The molecule has 0 unspecified atom stereocenters. The number of amides is 1. The summed E-state index contributed by atoms with van der Waals surface area (Å²) < 4.78 is 27.0. The van der Waals surface area contributed by atoms with E-state index in [4.69, 9.17) is 23.7 Å². The summed E-state index contributed by atoms with van der Waals surface area (Å²) in [6, 6.07) is 0. The molecule has 0 saturated carbocycles. The summed E-state index contributed by atoms with van der Waals surface area (Å²) >= 11 is 0. The number of unbranched alkanes of at least 4 members (excludes halogenated alkanes) is 2. The predicted molar refractivity (Wildman–Crippen MR) is 102 cm³/mol. The van der Waals surface area contributed by atoms with Crippen molar-refractivity contribution in [3.05, 3.63) is 0 Å². The number of hydrogen-bond acceptors (Lipinski definition) is 6. The van der Waals surface area contributed by atoms with Crippen molar-refractivity contribution in [1.82, 2.24) is 4.90 Å². The van der Waals surface area contributed by atoms with Gasteiger partial charge in [0, 0.05) is 20.2 Å². The van der Waals surface area contributed by atoms with Gasteiger partial charge in [-0.2, -0.15) is 0 Å². The highest BCUT2D eigenvalue weighted by Gasteiger charge is 2.19. The summed E-state index contributed by atoms with van der Waals surface area (Å²) in [7, 11) is 1.69. The van der Waals surface area contributed by atoms with Gasteiger partial charge in [0.25, 0.3) is 0 Å². The molecular formula is C19H39NO6. The molecule has 1 amide bonds. The third-order valence-corrected chi connectivity index (χ3v) is 3.28. The minimum atomic E-state index is -0.483. The third kappa shape index (κ3) is 17.9. The van der Waals surface area contributed by atoms with Gasteiger partial charge in [-0.25, -0.2) is 4.79 Å². The second-order valence-corrected chi connectivity index (χ2v) is 7.06. The molecule has 0 aliphatic carbocycles. The molecule has 0 aromatic rings. The summed E-state index contributed by atoms with van der Waals surface area (Å²) in [5, 5.41) is 0. The van der Waals surface area contributed by atoms with Crippen molar-refractivity contribution in [1.29, 1.82) is 0 Å². The van der Waals surface area contributed by atoms with Gasteiger partial charge in [-0.1, -0.05) is 19.8 Å². The molecule has 0 heterocycles. The lowest BCUT2D eigenvalue weighted by molar-refractivity contribution is -0.00592. The molecule has 0 bridgehead atoms. The van der Waals surface area contributed by atoms with E-state index < -0.39 is 5.60 Å². The molecule has 0 atom stereocenters. The van der Waals surface area contributed by atoms with Crippen LogP contribution in [0.4, 0.5) is 4.79 Å². The average molecular weight is 378 g/mol. The molecule has 0 fully saturated rings. The molecular weight excluding hydrogens is 338 g/mol. The lowest BCUT2D eigenvalue weighted by atomic mass is 10.2. The van der Waals surface area contributed by atoms with Gasteiger partial charge in [-0.3, -0.25) is 0 Å². The van der Waals surface area contributed by atoms with Crippen LogP contribution in [-0.2, 0) is 23.7 Å². The van der Waals surface area contributed by atoms with E-state index in [-0.39, 0.29) is 6.09 Å². The Labute approximate surface area is 159 Å². The van der Waals surface area contributed by atoms with Crippen molar-refractivity contribution >= 4 is 6.09 Å². The zero-order valence-corrected chi connectivity index (χ0v) is 17.4. The van der Waals surface area contributed by atoms with Gasteiger partial charge in [0.2, 0.25) is 0 Å². The molecule has 0 N–H and O–H groups in total. The normalized spacial score (nSPS) is 11.6. The largest absolute Gasteiger partial charge is 0.444 e. The average Bonchev–Trinajstić information content (AvgIpc) is 2.56. The molecule has 0 aromatic heterocycles. The predicted octanol–water partition coefficient (Wildman–Crippen LogP) is 3.11. The zero-order valence-electron chi connectivity index (χ0n) is 17.4. The molecule has 0 aliphatic heterocycles. The van der Waals surface area contributed by atoms with Crippen LogP contribution < -0.4 is 0 Å². The smallest absolute Gasteiger partial charge is 0.410 e. The fourth-order valence-electron chi connectivity index (χ4n) is 1.85. The highest BCUT2D eigenvalue weighted by molar-refractivity contribution is 5.67. The number of rotatable bonds is 16. The van der Waals surface area contributed by atoms with Crippen LogP contribution in [0.3, 0.4) is 0 Å². The summed E-state index contributed by atoms with van der Waals surface area (Å²) in [5.41, 5.74) is -0.483. The van der Waals surface area contributed by atoms with Gasteiger partial charge in [0.15, 0.2) is 0 Å². The quantitative estimate of drug-likeness (QED) is 0.385. The van der Waals surface area contributed by atoms with Crippen molar-refractivity contribution in [3.63, 3.8) is 0 Å². The molecule has 0 spiro atoms. The maximum absolute atomic E-state index is 11.7. The monoisotopic (exact) mass is 377 g/mol. The molecule has 0 rings (SSSR count). The number of hydrogen-bond donors (Lipinski definition) is 0. The highest BCUT2D eigenvalue weighted by Crippen LogP contribution is 2.08. The van der Waals surface area contributed by atoms with Crippen LogP contribution in [-0.4, -0.2) is 83.0 Å². The van der Waals surface area contributed by atoms with Crippen LogP contribution in [0.15, 0.2) is 0 Å². The Morgan fingerprint density at radius 3 is 1.69 bits per heavy atom. The molecule has 7 nitrogen and oxygen atoms in total. The Kier molecular flexibility index (Phi) is 15.7. The van der Waals surface area contributed by atoms with Crippen LogP contribution in [0.2, 0.25) is 0 Å². The number of ether oxygens (including phenoxy) is 5. The van der Waals surface area contributed by atoms with Crippen molar-refractivity contribution in [2.45, 2.75) is 52.6 Å². The minimum absolute atomic E-state index is 0.344. The van der Waals surface area contributed by atoms with Crippen molar-refractivity contribution in [2.75, 3.05) is 66.4 Å². The molecule has 0 aromatic carbocycles. The van der Waals surface area contributed by atoms with Gasteiger partial charge in [0.05, 0.1) is 46.2 Å². The maximum Gasteiger partial charge on any atom is 0.410 e. The standard InChI is InChI=1S/C19H39NO6/c1-6-7-8-10-22-12-14-24-16-17-25-15-13-23-11-9-20(5)18(21)26-19(2,3)4/h6-17H2,1-5H3. The van der Waals surface area contributed by atoms with Gasteiger partial charge in [0.1, 0.15) is 5.60 Å². The Balaban J connectivity index is 3.28. The first-order valence-corrected chi connectivity index (χ1v) is 9.62. The molecule has 0 aliphatic rings. The van der Waals surface area contributed by atoms with Gasteiger partial charge >= 0.3 is 6.09 Å². The van der Waals surface area contributed by atoms with Crippen LogP contribution in [0.1, 0.15) is 47.0 Å².